The summed E-state index contributed by atoms with van der Waals surface area (Å²) in [6, 6.07) is 4.58. The number of halogens is 1. The average Bonchev–Trinajstić information content (AvgIpc) is 3.30. The Kier molecular flexibility index (Phi) is 6.78. The lowest BCUT2D eigenvalue weighted by Crippen LogP contribution is -2.31. The number of piperidine rings is 1. The maximum atomic E-state index is 12.8. The minimum atomic E-state index is -3.58. The van der Waals surface area contributed by atoms with E-state index in [1.807, 2.05) is 6.92 Å². The molecule has 1 atom stereocenters. The first-order valence-corrected chi connectivity index (χ1v) is 10.4. The standard InChI is InChI=1S/C18H27N3O4S.ClH/c1-4-25-16-6-5-13(26(23,24)21(2)3)11-15(16)20-17(22)14-12-18(14)7-9-19-10-8-18;/h5-6,11,14,19H,4,7-10,12H2,1-3H3,(H,20,22);1H. The second kappa shape index (κ2) is 8.34. The van der Waals surface area contributed by atoms with Gasteiger partial charge in [0.15, 0.2) is 0 Å². The van der Waals surface area contributed by atoms with E-state index in [-0.39, 0.29) is 34.5 Å². The number of nitrogens with one attached hydrogen (secondary N) is 2. The third-order valence-corrected chi connectivity index (χ3v) is 7.20. The van der Waals surface area contributed by atoms with Gasteiger partial charge in [-0.2, -0.15) is 0 Å². The van der Waals surface area contributed by atoms with E-state index in [2.05, 4.69) is 10.6 Å². The molecule has 1 aromatic carbocycles. The summed E-state index contributed by atoms with van der Waals surface area (Å²) in [5.74, 6) is 0.430. The van der Waals surface area contributed by atoms with Crippen LogP contribution in [0.3, 0.4) is 0 Å². The van der Waals surface area contributed by atoms with Crippen LogP contribution in [-0.2, 0) is 14.8 Å². The van der Waals surface area contributed by atoms with Crippen LogP contribution in [0.25, 0.3) is 0 Å². The van der Waals surface area contributed by atoms with E-state index < -0.39 is 10.0 Å². The molecule has 1 aliphatic carbocycles. The zero-order chi connectivity index (χ0) is 18.9. The van der Waals surface area contributed by atoms with Gasteiger partial charge in [-0.05, 0) is 62.9 Å². The summed E-state index contributed by atoms with van der Waals surface area (Å²) in [5, 5.41) is 6.24. The van der Waals surface area contributed by atoms with Gasteiger partial charge in [0, 0.05) is 20.0 Å². The van der Waals surface area contributed by atoms with Crippen molar-refractivity contribution < 1.29 is 17.9 Å². The van der Waals surface area contributed by atoms with Crippen molar-refractivity contribution >= 4 is 34.0 Å². The summed E-state index contributed by atoms with van der Waals surface area (Å²) in [6.45, 7) is 4.18. The van der Waals surface area contributed by atoms with Crippen LogP contribution < -0.4 is 15.4 Å². The van der Waals surface area contributed by atoms with Crippen LogP contribution >= 0.6 is 12.4 Å². The Bertz CT molecular complexity index is 792. The third-order valence-electron chi connectivity index (χ3n) is 5.39. The van der Waals surface area contributed by atoms with Crippen molar-refractivity contribution in [1.29, 1.82) is 0 Å². The van der Waals surface area contributed by atoms with Gasteiger partial charge in [0.1, 0.15) is 5.75 Å². The van der Waals surface area contributed by atoms with Crippen molar-refractivity contribution in [3.63, 3.8) is 0 Å². The van der Waals surface area contributed by atoms with Gasteiger partial charge in [0.2, 0.25) is 15.9 Å². The molecular formula is C18H28ClN3O4S. The number of rotatable bonds is 6. The van der Waals surface area contributed by atoms with Gasteiger partial charge in [0.25, 0.3) is 0 Å². The molecule has 1 amide bonds. The highest BCUT2D eigenvalue weighted by molar-refractivity contribution is 7.89. The van der Waals surface area contributed by atoms with E-state index in [0.29, 0.717) is 18.0 Å². The smallest absolute Gasteiger partial charge is 0.242 e. The van der Waals surface area contributed by atoms with Gasteiger partial charge in [0.05, 0.1) is 17.2 Å². The monoisotopic (exact) mass is 417 g/mol. The van der Waals surface area contributed by atoms with Crippen molar-refractivity contribution in [2.75, 3.05) is 39.1 Å². The summed E-state index contributed by atoms with van der Waals surface area (Å²) in [6.07, 6.45) is 2.93. The Balaban J connectivity index is 0.00000261. The first-order chi connectivity index (χ1) is 12.3. The second-order valence-electron chi connectivity index (χ2n) is 7.24. The van der Waals surface area contributed by atoms with Crippen LogP contribution in [0.1, 0.15) is 26.2 Å². The van der Waals surface area contributed by atoms with Crippen LogP contribution in [0.2, 0.25) is 0 Å². The van der Waals surface area contributed by atoms with Gasteiger partial charge >= 0.3 is 0 Å². The number of carbonyl (C=O) groups excluding carboxylic acids is 1. The molecular weight excluding hydrogens is 390 g/mol. The molecule has 1 aromatic rings. The molecule has 2 aliphatic rings. The molecule has 1 aliphatic heterocycles. The second-order valence-corrected chi connectivity index (χ2v) is 9.39. The van der Waals surface area contributed by atoms with Gasteiger partial charge in [-0.1, -0.05) is 0 Å². The minimum absolute atomic E-state index is 0. The number of anilines is 1. The summed E-state index contributed by atoms with van der Waals surface area (Å²) in [5.41, 5.74) is 0.532. The Morgan fingerprint density at radius 3 is 2.59 bits per heavy atom. The number of ether oxygens (including phenoxy) is 1. The highest BCUT2D eigenvalue weighted by atomic mass is 35.5. The highest BCUT2D eigenvalue weighted by Gasteiger charge is 2.57. The molecule has 2 fully saturated rings. The van der Waals surface area contributed by atoms with Gasteiger partial charge in [-0.15, -0.1) is 12.4 Å². The molecule has 1 spiro atoms. The van der Waals surface area contributed by atoms with Gasteiger partial charge in [-0.3, -0.25) is 4.79 Å². The molecule has 0 bridgehead atoms. The summed E-state index contributed by atoms with van der Waals surface area (Å²) >= 11 is 0. The zero-order valence-electron chi connectivity index (χ0n) is 15.9. The normalized spacial score (nSPS) is 20.8. The molecule has 0 radical (unpaired) electrons. The Morgan fingerprint density at radius 2 is 2.00 bits per heavy atom. The minimum Gasteiger partial charge on any atom is -0.492 e. The lowest BCUT2D eigenvalue weighted by molar-refractivity contribution is -0.118. The maximum Gasteiger partial charge on any atom is 0.242 e. The Hall–Kier alpha value is -1.35. The highest BCUT2D eigenvalue weighted by Crippen LogP contribution is 2.58. The number of benzene rings is 1. The molecule has 152 valence electrons. The largest absolute Gasteiger partial charge is 0.492 e. The lowest BCUT2D eigenvalue weighted by atomic mass is 9.92. The fourth-order valence-corrected chi connectivity index (χ4v) is 4.60. The predicted octanol–water partition coefficient (Wildman–Crippen LogP) is 2.09. The zero-order valence-corrected chi connectivity index (χ0v) is 17.6. The van der Waals surface area contributed by atoms with Gasteiger partial charge in [-0.25, -0.2) is 12.7 Å². The summed E-state index contributed by atoms with van der Waals surface area (Å²) in [4.78, 5) is 12.9. The molecule has 27 heavy (non-hydrogen) atoms. The number of nitrogens with zero attached hydrogens (tertiary/aromatic N) is 1. The topological polar surface area (TPSA) is 87.7 Å². The van der Waals surface area contributed by atoms with Crippen molar-refractivity contribution in [1.82, 2.24) is 9.62 Å². The average molecular weight is 418 g/mol. The van der Waals surface area contributed by atoms with Gasteiger partial charge < -0.3 is 15.4 Å². The number of hydrogen-bond donors (Lipinski definition) is 2. The van der Waals surface area contributed by atoms with Crippen LogP contribution in [0.4, 0.5) is 5.69 Å². The number of amides is 1. The molecule has 1 saturated heterocycles. The SMILES string of the molecule is CCOc1ccc(S(=O)(=O)N(C)C)cc1NC(=O)C1CC12CCNCC2.Cl. The summed E-state index contributed by atoms with van der Waals surface area (Å²) in [7, 11) is -0.618. The van der Waals surface area contributed by atoms with Crippen LogP contribution in [0.5, 0.6) is 5.75 Å². The van der Waals surface area contributed by atoms with Crippen molar-refractivity contribution in [2.45, 2.75) is 31.1 Å². The third kappa shape index (κ3) is 4.39. The van der Waals surface area contributed by atoms with Crippen molar-refractivity contribution in [3.05, 3.63) is 18.2 Å². The quantitative estimate of drug-likeness (QED) is 0.739. The molecule has 3 rings (SSSR count). The van der Waals surface area contributed by atoms with Crippen molar-refractivity contribution in [2.24, 2.45) is 11.3 Å². The predicted molar refractivity (Wildman–Crippen MR) is 107 cm³/mol. The van der Waals surface area contributed by atoms with E-state index in [9.17, 15) is 13.2 Å². The Labute approximate surface area is 167 Å². The molecule has 0 aromatic heterocycles. The first kappa shape index (κ1) is 21.9. The van der Waals surface area contributed by atoms with Crippen molar-refractivity contribution in [3.8, 4) is 5.75 Å². The summed E-state index contributed by atoms with van der Waals surface area (Å²) < 4.78 is 31.5. The van der Waals surface area contributed by atoms with Crippen LogP contribution in [-0.4, -0.2) is 52.4 Å². The molecule has 1 unspecified atom stereocenters. The number of hydrogen-bond acceptors (Lipinski definition) is 5. The molecule has 2 N–H and O–H groups in total. The number of carbonyl (C=O) groups is 1. The molecule has 1 heterocycles. The van der Waals surface area contributed by atoms with Crippen LogP contribution in [0, 0.1) is 11.3 Å². The molecule has 9 heteroatoms. The molecule has 7 nitrogen and oxygen atoms in total. The van der Waals surface area contributed by atoms with E-state index in [1.54, 1.807) is 6.07 Å². The molecule has 1 saturated carbocycles. The van der Waals surface area contributed by atoms with E-state index in [1.165, 1.54) is 26.2 Å². The maximum absolute atomic E-state index is 12.8. The van der Waals surface area contributed by atoms with Crippen LogP contribution in [0.15, 0.2) is 23.1 Å². The fourth-order valence-electron chi connectivity index (χ4n) is 3.67. The number of sulfonamides is 1. The van der Waals surface area contributed by atoms with E-state index in [4.69, 9.17) is 4.74 Å². The fraction of sp³-hybridized carbons (Fsp3) is 0.611. The van der Waals surface area contributed by atoms with E-state index in [0.717, 1.165) is 36.7 Å². The Morgan fingerprint density at radius 1 is 1.33 bits per heavy atom. The first-order valence-electron chi connectivity index (χ1n) is 9.01. The van der Waals surface area contributed by atoms with E-state index >= 15 is 0 Å². The lowest BCUT2D eigenvalue weighted by Gasteiger charge is -2.23.